The maximum absolute atomic E-state index is 11.6. The van der Waals surface area contributed by atoms with Crippen molar-refractivity contribution in [3.8, 4) is 0 Å². The third kappa shape index (κ3) is 7.34. The van der Waals surface area contributed by atoms with Gasteiger partial charge in [0.1, 0.15) is 0 Å². The predicted molar refractivity (Wildman–Crippen MR) is 100 cm³/mol. The molecule has 2 rings (SSSR count). The van der Waals surface area contributed by atoms with E-state index in [0.29, 0.717) is 0 Å². The maximum atomic E-state index is 11.6. The van der Waals surface area contributed by atoms with Gasteiger partial charge in [0.05, 0.1) is 13.2 Å². The van der Waals surface area contributed by atoms with Crippen LogP contribution >= 0.6 is 34.2 Å². The Morgan fingerprint density at radius 3 is 2.73 bits per heavy atom. The highest BCUT2D eigenvalue weighted by Crippen LogP contribution is 2.39. The first-order valence-corrected chi connectivity index (χ1v) is 11.1. The van der Waals surface area contributed by atoms with Crippen LogP contribution in [-0.4, -0.2) is 72.0 Å². The van der Waals surface area contributed by atoms with Crippen LogP contribution in [0.25, 0.3) is 0 Å². The molecule has 1 atom stereocenters. The quantitative estimate of drug-likeness (QED) is 0.385. The number of hydrogen-bond donors (Lipinski definition) is 1. The SMILES string of the molecule is O=C(S)N(CCCCCC1CCSS1)CCN1CCOCC1. The lowest BCUT2D eigenvalue weighted by atomic mass is 10.1. The zero-order chi connectivity index (χ0) is 15.6. The monoisotopic (exact) mass is 364 g/mol. The Hall–Kier alpha value is 0.440. The third-order valence-corrected chi connectivity index (χ3v) is 7.53. The summed E-state index contributed by atoms with van der Waals surface area (Å²) in [5, 5.41) is 0.782. The molecule has 0 aliphatic carbocycles. The highest BCUT2D eigenvalue weighted by atomic mass is 33.1. The Balaban J connectivity index is 1.54. The molecule has 4 nitrogen and oxygen atoms in total. The van der Waals surface area contributed by atoms with Gasteiger partial charge in [0.25, 0.3) is 5.24 Å². The molecule has 0 saturated carbocycles. The Kier molecular flexibility index (Phi) is 9.45. The summed E-state index contributed by atoms with van der Waals surface area (Å²) in [4.78, 5) is 15.9. The number of carbonyl (C=O) groups is 1. The summed E-state index contributed by atoms with van der Waals surface area (Å²) in [6.45, 7) is 6.15. The van der Waals surface area contributed by atoms with Crippen LogP contribution < -0.4 is 0 Å². The van der Waals surface area contributed by atoms with Crippen molar-refractivity contribution in [3.63, 3.8) is 0 Å². The van der Waals surface area contributed by atoms with Crippen molar-refractivity contribution >= 4 is 39.5 Å². The molecular formula is C15H28N2O2S3. The van der Waals surface area contributed by atoms with Crippen LogP contribution in [0, 0.1) is 0 Å². The van der Waals surface area contributed by atoms with Crippen LogP contribution in [0.1, 0.15) is 32.1 Å². The zero-order valence-electron chi connectivity index (χ0n) is 13.2. The first kappa shape index (κ1) is 18.8. The van der Waals surface area contributed by atoms with Gasteiger partial charge in [0, 0.05) is 43.7 Å². The van der Waals surface area contributed by atoms with Crippen molar-refractivity contribution in [2.24, 2.45) is 0 Å². The molecule has 0 aromatic carbocycles. The zero-order valence-corrected chi connectivity index (χ0v) is 15.8. The van der Waals surface area contributed by atoms with E-state index in [1.807, 2.05) is 15.7 Å². The molecule has 2 aliphatic heterocycles. The fourth-order valence-electron chi connectivity index (χ4n) is 2.81. The van der Waals surface area contributed by atoms with Crippen molar-refractivity contribution in [2.45, 2.75) is 37.4 Å². The fraction of sp³-hybridized carbons (Fsp3) is 0.933. The van der Waals surface area contributed by atoms with Gasteiger partial charge >= 0.3 is 0 Å². The molecule has 0 bridgehead atoms. The summed E-state index contributed by atoms with van der Waals surface area (Å²) in [5.74, 6) is 1.32. The summed E-state index contributed by atoms with van der Waals surface area (Å²) in [6, 6.07) is 0. The van der Waals surface area contributed by atoms with Gasteiger partial charge in [-0.2, -0.15) is 0 Å². The minimum absolute atomic E-state index is 0.0870. The molecule has 128 valence electrons. The molecule has 2 saturated heterocycles. The Morgan fingerprint density at radius 2 is 2.05 bits per heavy atom. The lowest BCUT2D eigenvalue weighted by Crippen LogP contribution is -2.42. The van der Waals surface area contributed by atoms with Gasteiger partial charge < -0.3 is 9.64 Å². The van der Waals surface area contributed by atoms with Crippen molar-refractivity contribution in [3.05, 3.63) is 0 Å². The van der Waals surface area contributed by atoms with E-state index in [9.17, 15) is 4.79 Å². The average Bonchev–Trinajstić information content (AvgIpc) is 3.04. The molecular weight excluding hydrogens is 336 g/mol. The highest BCUT2D eigenvalue weighted by molar-refractivity contribution is 8.77. The Bertz CT molecular complexity index is 322. The van der Waals surface area contributed by atoms with Gasteiger partial charge in [-0.3, -0.25) is 9.69 Å². The van der Waals surface area contributed by atoms with Crippen LogP contribution in [0.3, 0.4) is 0 Å². The first-order chi connectivity index (χ1) is 10.8. The van der Waals surface area contributed by atoms with E-state index in [-0.39, 0.29) is 5.24 Å². The van der Waals surface area contributed by atoms with Crippen LogP contribution in [-0.2, 0) is 4.74 Å². The van der Waals surface area contributed by atoms with Crippen LogP contribution in [0.4, 0.5) is 4.79 Å². The number of amides is 1. The van der Waals surface area contributed by atoms with Gasteiger partial charge in [0.2, 0.25) is 0 Å². The summed E-state index contributed by atoms with van der Waals surface area (Å²) >= 11 is 4.02. The van der Waals surface area contributed by atoms with Gasteiger partial charge in [-0.25, -0.2) is 0 Å². The molecule has 22 heavy (non-hydrogen) atoms. The van der Waals surface area contributed by atoms with E-state index in [0.717, 1.165) is 57.6 Å². The Morgan fingerprint density at radius 1 is 1.23 bits per heavy atom. The number of nitrogens with zero attached hydrogens (tertiary/aromatic N) is 2. The lowest BCUT2D eigenvalue weighted by molar-refractivity contribution is 0.0353. The van der Waals surface area contributed by atoms with E-state index in [2.05, 4.69) is 28.3 Å². The maximum Gasteiger partial charge on any atom is 0.278 e. The smallest absolute Gasteiger partial charge is 0.278 e. The standard InChI is InChI=1S/C15H28N2O2S3/c18-15(20)17(8-7-16-9-11-19-12-10-16)6-3-1-2-4-14-5-13-21-22-14/h14H,1-13H2,(H,18,20). The summed E-state index contributed by atoms with van der Waals surface area (Å²) in [5.41, 5.74) is 0. The molecule has 0 spiro atoms. The van der Waals surface area contributed by atoms with Crippen molar-refractivity contribution < 1.29 is 9.53 Å². The lowest BCUT2D eigenvalue weighted by Gasteiger charge is -2.29. The molecule has 0 aromatic heterocycles. The second-order valence-corrected chi connectivity index (χ2v) is 9.07. The topological polar surface area (TPSA) is 32.8 Å². The molecule has 0 radical (unpaired) electrons. The van der Waals surface area contributed by atoms with E-state index >= 15 is 0 Å². The van der Waals surface area contributed by atoms with Gasteiger partial charge in [-0.05, 0) is 19.3 Å². The van der Waals surface area contributed by atoms with Crippen molar-refractivity contribution in [1.29, 1.82) is 0 Å². The fourth-order valence-corrected chi connectivity index (χ4v) is 6.03. The molecule has 0 N–H and O–H groups in total. The Labute approximate surface area is 147 Å². The molecule has 1 amide bonds. The molecule has 2 aliphatic rings. The summed E-state index contributed by atoms with van der Waals surface area (Å²) in [7, 11) is 4.07. The molecule has 2 heterocycles. The van der Waals surface area contributed by atoms with Gasteiger partial charge in [0.15, 0.2) is 0 Å². The van der Waals surface area contributed by atoms with E-state index in [1.165, 1.54) is 31.4 Å². The number of carbonyl (C=O) groups excluding carboxylic acids is 1. The molecule has 7 heteroatoms. The van der Waals surface area contributed by atoms with E-state index in [4.69, 9.17) is 4.74 Å². The normalized spacial score (nSPS) is 22.9. The number of morpholine rings is 1. The first-order valence-electron chi connectivity index (χ1n) is 8.32. The van der Waals surface area contributed by atoms with Crippen molar-refractivity contribution in [1.82, 2.24) is 9.80 Å². The number of ether oxygens (including phenoxy) is 1. The van der Waals surface area contributed by atoms with Crippen LogP contribution in [0.5, 0.6) is 0 Å². The van der Waals surface area contributed by atoms with Crippen LogP contribution in [0.15, 0.2) is 0 Å². The number of thiol groups is 1. The average molecular weight is 365 g/mol. The second-order valence-electron chi connectivity index (χ2n) is 5.90. The molecule has 2 fully saturated rings. The molecule has 0 aromatic rings. The summed E-state index contributed by atoms with van der Waals surface area (Å²) < 4.78 is 5.35. The van der Waals surface area contributed by atoms with Crippen molar-refractivity contribution in [2.75, 3.05) is 51.7 Å². The largest absolute Gasteiger partial charge is 0.379 e. The van der Waals surface area contributed by atoms with Gasteiger partial charge in [-0.15, -0.1) is 0 Å². The van der Waals surface area contributed by atoms with E-state index < -0.39 is 0 Å². The summed E-state index contributed by atoms with van der Waals surface area (Å²) in [6.07, 6.45) is 6.31. The van der Waals surface area contributed by atoms with Gasteiger partial charge in [-0.1, -0.05) is 47.1 Å². The van der Waals surface area contributed by atoms with Crippen LogP contribution in [0.2, 0.25) is 0 Å². The van der Waals surface area contributed by atoms with E-state index in [1.54, 1.807) is 0 Å². The number of rotatable bonds is 9. The number of hydrogen-bond acceptors (Lipinski definition) is 5. The third-order valence-electron chi connectivity index (χ3n) is 4.24. The second kappa shape index (κ2) is 11.1. The minimum Gasteiger partial charge on any atom is -0.379 e. The predicted octanol–water partition coefficient (Wildman–Crippen LogP) is 3.38. The molecule has 1 unspecified atom stereocenters. The highest BCUT2D eigenvalue weighted by Gasteiger charge is 2.16. The minimum atomic E-state index is -0.0870. The number of unbranched alkanes of at least 4 members (excludes halogenated alkanes) is 2.